The van der Waals surface area contributed by atoms with Gasteiger partial charge in [0, 0.05) is 115 Å². The molecule has 129 heavy (non-hydrogen) atoms. The van der Waals surface area contributed by atoms with Crippen molar-refractivity contribution in [1.29, 1.82) is 0 Å². The lowest BCUT2D eigenvalue weighted by molar-refractivity contribution is 0.669. The number of benzene rings is 18. The van der Waals surface area contributed by atoms with E-state index in [1.165, 1.54) is 92.2 Å². The summed E-state index contributed by atoms with van der Waals surface area (Å²) in [6, 6.07) is 143. The summed E-state index contributed by atoms with van der Waals surface area (Å²) in [4.78, 5) is 20.4. The van der Waals surface area contributed by atoms with Gasteiger partial charge in [-0.3, -0.25) is 13.2 Å². The van der Waals surface area contributed by atoms with Gasteiger partial charge in [0.15, 0.2) is 0 Å². The van der Waals surface area contributed by atoms with Crippen LogP contribution < -0.4 is 0 Å². The number of furan rings is 2. The van der Waals surface area contributed by atoms with E-state index in [9.17, 15) is 0 Å². The van der Waals surface area contributed by atoms with Gasteiger partial charge in [0.05, 0.1) is 99.0 Å². The van der Waals surface area contributed by atoms with E-state index in [1.807, 2.05) is 36.5 Å². The van der Waals surface area contributed by atoms with E-state index in [0.29, 0.717) is 0 Å². The molecule has 0 bridgehead atoms. The maximum absolute atomic E-state index is 6.35. The second kappa shape index (κ2) is 26.4. The molecule has 31 aromatic rings. The number of nitrogens with zero attached hydrogens (tertiary/aromatic N) is 11. The van der Waals surface area contributed by atoms with Gasteiger partial charge in [-0.2, -0.15) is 0 Å². The van der Waals surface area contributed by atoms with Gasteiger partial charge in [-0.1, -0.05) is 200 Å². The first-order valence-corrected chi connectivity index (χ1v) is 43.7. The van der Waals surface area contributed by atoms with Crippen LogP contribution in [0.25, 0.3) is 269 Å². The summed E-state index contributed by atoms with van der Waals surface area (Å²) in [6.45, 7) is 0. The standard InChI is InChI=1S/C43H26N4.C37H21N3O.C36H20N4O/c1-3-13-27(14-4-1)45-37-20-10-8-18-30(37)32-24-34-33-23-31-29-17-7-11-21-38(29)47-39-22-12-9-19-36(39)44-43(47)35(31)25-40(33)46(42(34)26-41(32)45)28-15-5-2-6-16-28;1-2-10-22(11-3-1)39-32-21-28-26(23-12-4-7-15-30(23)40-31-16-8-6-14-29(31)38-37(28)40)20-27(32)24-18-19-34-35(36(24)39)25-13-5-9-17-33(25)41-34;1-2-9-21(10-3-1)39-30-20-27-25(23-12-8-18-37-35(23)40-29-14-6-5-13-28(29)38-36(27)40)19-26(30)22-16-17-32-33(34(22)39)24-11-4-7-15-31(24)41-32/h1-26H;1-21H;1-20H. The zero-order chi connectivity index (χ0) is 84.0. The van der Waals surface area contributed by atoms with Crippen LogP contribution in [0.2, 0.25) is 0 Å². The molecule has 18 aromatic carbocycles. The Morgan fingerprint density at radius 1 is 0.171 bits per heavy atom. The van der Waals surface area contributed by atoms with Gasteiger partial charge in [-0.25, -0.2) is 19.9 Å². The fraction of sp³-hybridized carbons (Fsp3) is 0. The second-order valence-electron chi connectivity index (χ2n) is 33.9. The maximum Gasteiger partial charge on any atom is 0.147 e. The van der Waals surface area contributed by atoms with Crippen LogP contribution in [0.4, 0.5) is 0 Å². The van der Waals surface area contributed by atoms with Crippen LogP contribution in [0.1, 0.15) is 0 Å². The quantitative estimate of drug-likeness (QED) is 0.162. The number of aromatic nitrogens is 11. The Kier molecular flexibility index (Phi) is 14.3. The summed E-state index contributed by atoms with van der Waals surface area (Å²) in [5, 5.41) is 24.8. The Morgan fingerprint density at radius 3 is 0.938 bits per heavy atom. The average molecular weight is 1650 g/mol. The Morgan fingerprint density at radius 2 is 0.481 bits per heavy atom. The number of hydrogen-bond acceptors (Lipinski definition) is 6. The van der Waals surface area contributed by atoms with Crippen molar-refractivity contribution in [3.8, 4) is 22.7 Å². The molecule has 598 valence electrons. The third-order valence-electron chi connectivity index (χ3n) is 27.1. The molecule has 0 spiro atoms. The van der Waals surface area contributed by atoms with E-state index < -0.39 is 0 Å². The Balaban J connectivity index is 0.0000000958. The lowest BCUT2D eigenvalue weighted by Gasteiger charge is -2.11. The summed E-state index contributed by atoms with van der Waals surface area (Å²) in [6.07, 6.45) is 1.86. The van der Waals surface area contributed by atoms with Gasteiger partial charge in [0.1, 0.15) is 44.9 Å². The third-order valence-corrected chi connectivity index (χ3v) is 27.1. The SMILES string of the molecule is c1ccc(-n2c3cc4c(cc3c3ccc5oc6ccccc6c5c32)c2ccccc2n2c3ccccc3nc42)cc1.c1ccc(-n2c3cc4c(cc3c3ccc5oc6ccccc6c5c32)c2cccnc2n2c3ccccc3nc42)cc1.c1ccc(-n2c3ccccc3c3cc4c5cc6c7ccccc7n7c8ccccc8nc7c6cc5n(-c5ccccc5)c4cc32)cc1. The maximum atomic E-state index is 6.35. The topological polar surface area (TPSA) is 111 Å². The number of pyridine rings is 4. The molecule has 0 amide bonds. The van der Waals surface area contributed by atoms with Crippen molar-refractivity contribution in [3.05, 3.63) is 407 Å². The fourth-order valence-corrected chi connectivity index (χ4v) is 21.8. The van der Waals surface area contributed by atoms with Crippen LogP contribution in [-0.4, -0.2) is 51.4 Å². The van der Waals surface area contributed by atoms with Crippen LogP contribution in [0, 0.1) is 0 Å². The van der Waals surface area contributed by atoms with Gasteiger partial charge in [-0.05, 0) is 216 Å². The highest BCUT2D eigenvalue weighted by Gasteiger charge is 2.28. The molecular formula is C116H67N11O2. The van der Waals surface area contributed by atoms with Crippen LogP contribution in [-0.2, 0) is 0 Å². The molecule has 13 aromatic heterocycles. The van der Waals surface area contributed by atoms with Gasteiger partial charge in [-0.15, -0.1) is 0 Å². The molecule has 0 N–H and O–H groups in total. The normalized spacial score (nSPS) is 12.3. The lowest BCUT2D eigenvalue weighted by Crippen LogP contribution is -1.96. The van der Waals surface area contributed by atoms with Crippen molar-refractivity contribution in [2.45, 2.75) is 0 Å². The van der Waals surface area contributed by atoms with Crippen molar-refractivity contribution in [2.24, 2.45) is 0 Å². The molecule has 0 aliphatic heterocycles. The molecule has 0 radical (unpaired) electrons. The van der Waals surface area contributed by atoms with Crippen molar-refractivity contribution in [2.75, 3.05) is 0 Å². The molecule has 0 saturated carbocycles. The number of para-hydroxylation sites is 15. The zero-order valence-electron chi connectivity index (χ0n) is 68.9. The average Bonchev–Trinajstić information content (AvgIpc) is 1.55. The predicted molar refractivity (Wildman–Crippen MR) is 533 cm³/mol. The van der Waals surface area contributed by atoms with E-state index in [-0.39, 0.29) is 0 Å². The van der Waals surface area contributed by atoms with Crippen molar-refractivity contribution >= 4 is 246 Å². The highest BCUT2D eigenvalue weighted by atomic mass is 16.3. The molecule has 13 heterocycles. The summed E-state index contributed by atoms with van der Waals surface area (Å²) in [5.41, 5.74) is 29.9. The van der Waals surface area contributed by atoms with Gasteiger partial charge < -0.3 is 27.1 Å². The van der Waals surface area contributed by atoms with Crippen molar-refractivity contribution < 1.29 is 8.83 Å². The largest absolute Gasteiger partial charge is 0.456 e. The van der Waals surface area contributed by atoms with E-state index >= 15 is 0 Å². The molecule has 0 fully saturated rings. The minimum absolute atomic E-state index is 0.889. The van der Waals surface area contributed by atoms with Crippen LogP contribution in [0.15, 0.2) is 415 Å². The second-order valence-corrected chi connectivity index (χ2v) is 33.9. The molecule has 13 nitrogen and oxygen atoms in total. The molecule has 0 aliphatic rings. The van der Waals surface area contributed by atoms with Gasteiger partial charge in [0.25, 0.3) is 0 Å². The monoisotopic (exact) mass is 1650 g/mol. The molecule has 0 atom stereocenters. The minimum atomic E-state index is 0.889. The molecule has 31 rings (SSSR count). The first-order chi connectivity index (χ1) is 64.0. The first-order valence-electron chi connectivity index (χ1n) is 43.7. The van der Waals surface area contributed by atoms with E-state index in [1.54, 1.807) is 0 Å². The minimum Gasteiger partial charge on any atom is -0.456 e. The summed E-state index contributed by atoms with van der Waals surface area (Å²) in [7, 11) is 0. The van der Waals surface area contributed by atoms with Crippen LogP contribution >= 0.6 is 0 Å². The smallest absolute Gasteiger partial charge is 0.147 e. The number of fused-ring (bicyclic) bond motifs is 44. The van der Waals surface area contributed by atoms with E-state index in [4.69, 9.17) is 28.8 Å². The summed E-state index contributed by atoms with van der Waals surface area (Å²) in [5.74, 6) is 0. The van der Waals surface area contributed by atoms with Crippen molar-refractivity contribution in [1.82, 2.24) is 51.4 Å². The fourth-order valence-electron chi connectivity index (χ4n) is 21.8. The highest BCUT2D eigenvalue weighted by Crippen LogP contribution is 2.49. The Labute approximate surface area is 731 Å². The van der Waals surface area contributed by atoms with Crippen molar-refractivity contribution in [3.63, 3.8) is 0 Å². The van der Waals surface area contributed by atoms with E-state index in [0.717, 1.165) is 177 Å². The van der Waals surface area contributed by atoms with Crippen LogP contribution in [0.5, 0.6) is 0 Å². The third kappa shape index (κ3) is 9.81. The highest BCUT2D eigenvalue weighted by molar-refractivity contribution is 6.31. The van der Waals surface area contributed by atoms with E-state index in [2.05, 4.69) is 402 Å². The number of imidazole rings is 3. The molecule has 0 saturated heterocycles. The molecule has 0 aliphatic carbocycles. The predicted octanol–water partition coefficient (Wildman–Crippen LogP) is 30.0. The Bertz CT molecular complexity index is 9920. The number of rotatable bonds is 4. The number of hydrogen-bond donors (Lipinski definition) is 0. The lowest BCUT2D eigenvalue weighted by atomic mass is 10.0. The van der Waals surface area contributed by atoms with Gasteiger partial charge >= 0.3 is 0 Å². The summed E-state index contributed by atoms with van der Waals surface area (Å²) >= 11 is 0. The van der Waals surface area contributed by atoms with Gasteiger partial charge in [0.2, 0.25) is 0 Å². The Hall–Kier alpha value is -17.7. The summed E-state index contributed by atoms with van der Waals surface area (Å²) < 4.78 is 29.2. The molecular weight excluding hydrogens is 1580 g/mol. The molecule has 13 heteroatoms. The zero-order valence-corrected chi connectivity index (χ0v) is 68.9. The first kappa shape index (κ1) is 69.8. The van der Waals surface area contributed by atoms with Crippen LogP contribution in [0.3, 0.4) is 0 Å². The molecule has 0 unspecified atom stereocenters.